The summed E-state index contributed by atoms with van der Waals surface area (Å²) in [6, 6.07) is 9.01. The molecule has 0 bridgehead atoms. The van der Waals surface area contributed by atoms with E-state index in [1.165, 1.54) is 0 Å². The standard InChI is InChI=1S/C25H37N3O5/c29-23(9-8-19-10-12-26-13-11-19)28-14-4-7-21(16-28)25(32)27-22(15-24(30)31)18-33-17-20-5-2-1-3-6-20/h1-3,5-6,19,21-22,26H,4,7-18H2,(H,27,32)(H,30,31)/t21-,22+/m1/s1. The number of nitrogens with zero attached hydrogens (tertiary/aromatic N) is 1. The van der Waals surface area contributed by atoms with Gasteiger partial charge >= 0.3 is 5.97 Å². The Hall–Kier alpha value is -2.45. The first-order valence-electron chi connectivity index (χ1n) is 12.1. The molecule has 2 aliphatic heterocycles. The Labute approximate surface area is 196 Å². The van der Waals surface area contributed by atoms with Gasteiger partial charge in [0.05, 0.1) is 31.6 Å². The zero-order valence-corrected chi connectivity index (χ0v) is 19.3. The average Bonchev–Trinajstić information content (AvgIpc) is 2.83. The van der Waals surface area contributed by atoms with Gasteiger partial charge in [-0.1, -0.05) is 30.3 Å². The summed E-state index contributed by atoms with van der Waals surface area (Å²) in [4.78, 5) is 38.7. The van der Waals surface area contributed by atoms with Crippen LogP contribution in [-0.4, -0.2) is 66.6 Å². The minimum absolute atomic E-state index is 0.124. The fourth-order valence-corrected chi connectivity index (χ4v) is 4.65. The number of carboxylic acid groups (broad SMARTS) is 1. The highest BCUT2D eigenvalue weighted by atomic mass is 16.5. The van der Waals surface area contributed by atoms with E-state index >= 15 is 0 Å². The van der Waals surface area contributed by atoms with Crippen LogP contribution in [0.3, 0.4) is 0 Å². The second-order valence-corrected chi connectivity index (χ2v) is 9.22. The number of hydrogen-bond acceptors (Lipinski definition) is 5. The van der Waals surface area contributed by atoms with Crippen LogP contribution in [0.4, 0.5) is 0 Å². The topological polar surface area (TPSA) is 108 Å². The number of likely N-dealkylation sites (tertiary alicyclic amines) is 1. The Morgan fingerprint density at radius 3 is 2.64 bits per heavy atom. The highest BCUT2D eigenvalue weighted by Gasteiger charge is 2.30. The number of benzene rings is 1. The molecule has 2 amide bonds. The van der Waals surface area contributed by atoms with Gasteiger partial charge in [0.1, 0.15) is 0 Å². The van der Waals surface area contributed by atoms with Gasteiger partial charge in [0.15, 0.2) is 0 Å². The summed E-state index contributed by atoms with van der Waals surface area (Å²) in [6.45, 7) is 3.62. The van der Waals surface area contributed by atoms with Gasteiger partial charge in [-0.15, -0.1) is 0 Å². The summed E-state index contributed by atoms with van der Waals surface area (Å²) in [5, 5.41) is 15.4. The molecular weight excluding hydrogens is 422 g/mol. The number of rotatable bonds is 11. The van der Waals surface area contributed by atoms with E-state index < -0.39 is 12.0 Å². The maximum absolute atomic E-state index is 12.9. The zero-order valence-electron chi connectivity index (χ0n) is 19.3. The first-order valence-corrected chi connectivity index (χ1v) is 12.1. The molecule has 0 aliphatic carbocycles. The molecule has 0 aromatic heterocycles. The molecular formula is C25H37N3O5. The van der Waals surface area contributed by atoms with E-state index in [0.29, 0.717) is 38.5 Å². The molecule has 8 heteroatoms. The molecule has 0 spiro atoms. The Morgan fingerprint density at radius 2 is 1.91 bits per heavy atom. The van der Waals surface area contributed by atoms with Gasteiger partial charge in [-0.3, -0.25) is 14.4 Å². The molecule has 3 rings (SSSR count). The SMILES string of the molecule is O=C(O)C[C@@H](COCc1ccccc1)NC(=O)[C@@H]1CCCN(C(=O)CCC2CCNCC2)C1. The number of amides is 2. The highest BCUT2D eigenvalue weighted by molar-refractivity contribution is 5.82. The number of carbonyl (C=O) groups excluding carboxylic acids is 2. The molecule has 182 valence electrons. The smallest absolute Gasteiger partial charge is 0.305 e. The van der Waals surface area contributed by atoms with Crippen LogP contribution in [0.15, 0.2) is 30.3 Å². The maximum atomic E-state index is 12.9. The van der Waals surface area contributed by atoms with Crippen molar-refractivity contribution in [2.45, 2.75) is 57.6 Å². The van der Waals surface area contributed by atoms with E-state index in [1.54, 1.807) is 0 Å². The quantitative estimate of drug-likeness (QED) is 0.468. The monoisotopic (exact) mass is 459 g/mol. The lowest BCUT2D eigenvalue weighted by molar-refractivity contribution is -0.138. The van der Waals surface area contributed by atoms with Crippen molar-refractivity contribution in [1.29, 1.82) is 0 Å². The Morgan fingerprint density at radius 1 is 1.15 bits per heavy atom. The first kappa shape index (κ1) is 25.2. The van der Waals surface area contributed by atoms with E-state index in [4.69, 9.17) is 4.74 Å². The molecule has 2 fully saturated rings. The van der Waals surface area contributed by atoms with Gasteiger partial charge in [0.25, 0.3) is 0 Å². The van der Waals surface area contributed by atoms with Crippen LogP contribution in [0.5, 0.6) is 0 Å². The lowest BCUT2D eigenvalue weighted by Gasteiger charge is -2.33. The molecule has 33 heavy (non-hydrogen) atoms. The number of carbonyl (C=O) groups is 3. The molecule has 2 saturated heterocycles. The van der Waals surface area contributed by atoms with Gasteiger partial charge in [-0.05, 0) is 56.7 Å². The van der Waals surface area contributed by atoms with Crippen molar-refractivity contribution < 1.29 is 24.2 Å². The predicted molar refractivity (Wildman–Crippen MR) is 124 cm³/mol. The number of ether oxygens (including phenoxy) is 1. The second kappa shape index (κ2) is 13.3. The van der Waals surface area contributed by atoms with Crippen LogP contribution in [0, 0.1) is 11.8 Å². The third kappa shape index (κ3) is 8.78. The van der Waals surface area contributed by atoms with Crippen LogP contribution in [0.2, 0.25) is 0 Å². The van der Waals surface area contributed by atoms with Crippen molar-refractivity contribution in [3.8, 4) is 0 Å². The van der Waals surface area contributed by atoms with E-state index in [0.717, 1.165) is 44.3 Å². The molecule has 2 heterocycles. The number of aliphatic carboxylic acids is 1. The molecule has 1 aromatic carbocycles. The minimum atomic E-state index is -0.984. The van der Waals surface area contributed by atoms with Crippen LogP contribution >= 0.6 is 0 Å². The third-order valence-corrected chi connectivity index (χ3v) is 6.57. The van der Waals surface area contributed by atoms with E-state index in [-0.39, 0.29) is 30.8 Å². The largest absolute Gasteiger partial charge is 0.481 e. The van der Waals surface area contributed by atoms with Crippen molar-refractivity contribution in [2.75, 3.05) is 32.8 Å². The molecule has 2 atom stereocenters. The number of carboxylic acids is 1. The van der Waals surface area contributed by atoms with Crippen molar-refractivity contribution >= 4 is 17.8 Å². The summed E-state index contributed by atoms with van der Waals surface area (Å²) in [7, 11) is 0. The minimum Gasteiger partial charge on any atom is -0.481 e. The third-order valence-electron chi connectivity index (χ3n) is 6.57. The van der Waals surface area contributed by atoms with Gasteiger partial charge in [-0.25, -0.2) is 0 Å². The van der Waals surface area contributed by atoms with Crippen LogP contribution in [0.25, 0.3) is 0 Å². The van der Waals surface area contributed by atoms with Crippen LogP contribution < -0.4 is 10.6 Å². The molecule has 1 aromatic rings. The van der Waals surface area contributed by atoms with Crippen LogP contribution in [0.1, 0.15) is 50.5 Å². The zero-order chi connectivity index (χ0) is 23.5. The Bertz CT molecular complexity index is 767. The molecule has 0 unspecified atom stereocenters. The maximum Gasteiger partial charge on any atom is 0.305 e. The van der Waals surface area contributed by atoms with E-state index in [1.807, 2.05) is 35.2 Å². The summed E-state index contributed by atoms with van der Waals surface area (Å²) in [5.41, 5.74) is 0.990. The van der Waals surface area contributed by atoms with Crippen molar-refractivity contribution in [2.24, 2.45) is 11.8 Å². The molecule has 3 N–H and O–H groups in total. The predicted octanol–water partition coefficient (Wildman–Crippen LogP) is 2.18. The van der Waals surface area contributed by atoms with E-state index in [2.05, 4.69) is 10.6 Å². The second-order valence-electron chi connectivity index (χ2n) is 9.22. The Kier molecular flexibility index (Phi) is 10.2. The number of hydrogen-bond donors (Lipinski definition) is 3. The van der Waals surface area contributed by atoms with Gasteiger partial charge in [-0.2, -0.15) is 0 Å². The number of nitrogens with one attached hydrogen (secondary N) is 2. The normalized spacial score (nSPS) is 20.2. The van der Waals surface area contributed by atoms with Gasteiger partial charge in [0, 0.05) is 19.5 Å². The molecule has 2 aliphatic rings. The van der Waals surface area contributed by atoms with Crippen molar-refractivity contribution in [3.05, 3.63) is 35.9 Å². The van der Waals surface area contributed by atoms with Crippen molar-refractivity contribution in [1.82, 2.24) is 15.5 Å². The summed E-state index contributed by atoms with van der Waals surface area (Å²) >= 11 is 0. The van der Waals surface area contributed by atoms with Gasteiger partial charge < -0.3 is 25.4 Å². The fourth-order valence-electron chi connectivity index (χ4n) is 4.65. The fraction of sp³-hybridized carbons (Fsp3) is 0.640. The van der Waals surface area contributed by atoms with Crippen LogP contribution in [-0.2, 0) is 25.7 Å². The number of piperidine rings is 2. The Balaban J connectivity index is 1.45. The first-order chi connectivity index (χ1) is 16.0. The summed E-state index contributed by atoms with van der Waals surface area (Å²) in [6.07, 6.45) is 4.97. The summed E-state index contributed by atoms with van der Waals surface area (Å²) < 4.78 is 5.67. The molecule has 0 saturated carbocycles. The van der Waals surface area contributed by atoms with E-state index in [9.17, 15) is 19.5 Å². The molecule has 0 radical (unpaired) electrons. The average molecular weight is 460 g/mol. The lowest BCUT2D eigenvalue weighted by Crippen LogP contribution is -2.49. The van der Waals surface area contributed by atoms with Crippen molar-refractivity contribution in [3.63, 3.8) is 0 Å². The summed E-state index contributed by atoms with van der Waals surface area (Å²) in [5.74, 6) is -0.763. The highest BCUT2D eigenvalue weighted by Crippen LogP contribution is 2.22. The van der Waals surface area contributed by atoms with Gasteiger partial charge in [0.2, 0.25) is 11.8 Å². The lowest BCUT2D eigenvalue weighted by atomic mass is 9.92. The molecule has 8 nitrogen and oxygen atoms in total.